The highest BCUT2D eigenvalue weighted by Gasteiger charge is 1.93. The zero-order chi connectivity index (χ0) is 14.5. The van der Waals surface area contributed by atoms with E-state index in [2.05, 4.69) is 54.1 Å². The standard InChI is InChI=1S/C18H28N2/c1-3-5-7-9-15-19-16-20-18-13-11-17(12-14-18)10-8-6-4-2/h11-14H,3-10,15H2,1-2H3. The Kier molecular flexibility index (Phi) is 9.52. The fourth-order valence-electron chi connectivity index (χ4n) is 2.08. The van der Waals surface area contributed by atoms with Crippen molar-refractivity contribution in [3.05, 3.63) is 29.8 Å². The Hall–Kier alpha value is -1.40. The fourth-order valence-corrected chi connectivity index (χ4v) is 2.08. The van der Waals surface area contributed by atoms with Gasteiger partial charge < -0.3 is 0 Å². The molecule has 0 aliphatic rings. The Morgan fingerprint density at radius 1 is 0.850 bits per heavy atom. The van der Waals surface area contributed by atoms with E-state index in [0.29, 0.717) is 0 Å². The van der Waals surface area contributed by atoms with Crippen molar-refractivity contribution in [2.45, 2.75) is 65.2 Å². The number of hydrogen-bond acceptors (Lipinski definition) is 2. The van der Waals surface area contributed by atoms with Crippen molar-refractivity contribution < 1.29 is 0 Å². The predicted octanol–water partition coefficient (Wildman–Crippen LogP) is 5.81. The molecule has 0 spiro atoms. The molecule has 0 fully saturated rings. The molecule has 0 aliphatic carbocycles. The SMILES string of the molecule is CCCCCCN=C=Nc1ccc(CCCCC)cc1. The normalized spacial score (nSPS) is 10.1. The number of unbranched alkanes of at least 4 members (excludes halogenated alkanes) is 5. The summed E-state index contributed by atoms with van der Waals surface area (Å²) >= 11 is 0. The molecule has 1 rings (SSSR count). The predicted molar refractivity (Wildman–Crippen MR) is 88.2 cm³/mol. The van der Waals surface area contributed by atoms with E-state index < -0.39 is 0 Å². The zero-order valence-corrected chi connectivity index (χ0v) is 13.1. The van der Waals surface area contributed by atoms with Gasteiger partial charge in [0.2, 0.25) is 0 Å². The highest BCUT2D eigenvalue weighted by atomic mass is 14.8. The summed E-state index contributed by atoms with van der Waals surface area (Å²) in [6.45, 7) is 5.30. The Balaban J connectivity index is 2.31. The molecule has 1 aromatic rings. The number of nitrogens with zero attached hydrogens (tertiary/aromatic N) is 2. The average Bonchev–Trinajstić information content (AvgIpc) is 2.48. The summed E-state index contributed by atoms with van der Waals surface area (Å²) in [5.41, 5.74) is 2.34. The first kappa shape index (κ1) is 16.7. The lowest BCUT2D eigenvalue weighted by Gasteiger charge is -2.00. The summed E-state index contributed by atoms with van der Waals surface area (Å²) in [4.78, 5) is 8.45. The van der Waals surface area contributed by atoms with Crippen molar-refractivity contribution in [3.8, 4) is 0 Å². The molecule has 0 atom stereocenters. The van der Waals surface area contributed by atoms with Crippen molar-refractivity contribution in [1.29, 1.82) is 0 Å². The van der Waals surface area contributed by atoms with Gasteiger partial charge in [-0.2, -0.15) is 4.99 Å². The number of aryl methyl sites for hydroxylation is 1. The molecule has 110 valence electrons. The molecule has 0 aromatic heterocycles. The van der Waals surface area contributed by atoms with Crippen LogP contribution in [0.5, 0.6) is 0 Å². The molecule has 20 heavy (non-hydrogen) atoms. The first-order chi connectivity index (χ1) is 9.86. The first-order valence-corrected chi connectivity index (χ1v) is 8.08. The molecule has 0 aliphatic heterocycles. The van der Waals surface area contributed by atoms with Gasteiger partial charge in [0, 0.05) is 6.54 Å². The molecule has 0 bridgehead atoms. The second-order valence-electron chi connectivity index (χ2n) is 5.28. The van der Waals surface area contributed by atoms with Crippen molar-refractivity contribution in [2.24, 2.45) is 9.98 Å². The second kappa shape index (κ2) is 11.4. The van der Waals surface area contributed by atoms with E-state index in [9.17, 15) is 0 Å². The summed E-state index contributed by atoms with van der Waals surface area (Å²) in [6.07, 6.45) is 10.00. The maximum absolute atomic E-state index is 4.24. The van der Waals surface area contributed by atoms with Crippen LogP contribution in [0.1, 0.15) is 64.4 Å². The lowest BCUT2D eigenvalue weighted by molar-refractivity contribution is 0.676. The van der Waals surface area contributed by atoms with Crippen molar-refractivity contribution in [3.63, 3.8) is 0 Å². The van der Waals surface area contributed by atoms with E-state index in [1.807, 2.05) is 0 Å². The quantitative estimate of drug-likeness (QED) is 0.379. The van der Waals surface area contributed by atoms with Crippen LogP contribution < -0.4 is 0 Å². The van der Waals surface area contributed by atoms with Gasteiger partial charge >= 0.3 is 0 Å². The van der Waals surface area contributed by atoms with E-state index >= 15 is 0 Å². The minimum Gasteiger partial charge on any atom is -0.225 e. The number of benzene rings is 1. The summed E-state index contributed by atoms with van der Waals surface area (Å²) in [5, 5.41) is 0. The first-order valence-electron chi connectivity index (χ1n) is 8.08. The van der Waals surface area contributed by atoms with Gasteiger partial charge in [-0.1, -0.05) is 58.1 Å². The molecule has 0 saturated heterocycles. The third-order valence-corrected chi connectivity index (χ3v) is 3.38. The van der Waals surface area contributed by atoms with Gasteiger partial charge in [-0.15, -0.1) is 0 Å². The van der Waals surface area contributed by atoms with Crippen molar-refractivity contribution in [1.82, 2.24) is 0 Å². The average molecular weight is 272 g/mol. The molecule has 0 amide bonds. The zero-order valence-electron chi connectivity index (χ0n) is 13.1. The van der Waals surface area contributed by atoms with Crippen molar-refractivity contribution in [2.75, 3.05) is 6.54 Å². The van der Waals surface area contributed by atoms with E-state index in [4.69, 9.17) is 0 Å². The summed E-state index contributed by atoms with van der Waals surface area (Å²) in [5.74, 6) is 0. The van der Waals surface area contributed by atoms with E-state index in [0.717, 1.165) is 18.7 Å². The minimum atomic E-state index is 0.846. The smallest absolute Gasteiger partial charge is 0.0948 e. The number of aliphatic imine (C=N–C) groups is 2. The summed E-state index contributed by atoms with van der Waals surface area (Å²) in [6, 6.07) is 11.2. The summed E-state index contributed by atoms with van der Waals surface area (Å²) in [7, 11) is 0. The maximum Gasteiger partial charge on any atom is 0.0948 e. The largest absolute Gasteiger partial charge is 0.225 e. The maximum atomic E-state index is 4.24. The van der Waals surface area contributed by atoms with Gasteiger partial charge in [-0.05, 0) is 37.0 Å². The molecule has 1 aromatic carbocycles. The van der Waals surface area contributed by atoms with Gasteiger partial charge in [0.05, 0.1) is 11.7 Å². The molecule has 0 unspecified atom stereocenters. The van der Waals surface area contributed by atoms with E-state index in [1.54, 1.807) is 0 Å². The Bertz CT molecular complexity index is 400. The van der Waals surface area contributed by atoms with Crippen LogP contribution >= 0.6 is 0 Å². The highest BCUT2D eigenvalue weighted by Crippen LogP contribution is 2.14. The highest BCUT2D eigenvalue weighted by molar-refractivity contribution is 5.52. The molecular formula is C18H28N2. The van der Waals surface area contributed by atoms with Crippen LogP contribution in [-0.4, -0.2) is 12.6 Å². The fraction of sp³-hybridized carbons (Fsp3) is 0.611. The second-order valence-corrected chi connectivity index (χ2v) is 5.28. The van der Waals surface area contributed by atoms with Gasteiger partial charge in [-0.3, -0.25) is 0 Å². The molecule has 0 radical (unpaired) electrons. The van der Waals surface area contributed by atoms with Crippen LogP contribution in [0, 0.1) is 0 Å². The number of rotatable bonds is 10. The molecule has 0 heterocycles. The third-order valence-electron chi connectivity index (χ3n) is 3.38. The lowest BCUT2D eigenvalue weighted by atomic mass is 10.1. The molecular weight excluding hydrogens is 244 g/mol. The molecule has 0 saturated carbocycles. The van der Waals surface area contributed by atoms with Crippen LogP contribution in [-0.2, 0) is 6.42 Å². The van der Waals surface area contributed by atoms with Crippen LogP contribution in [0.25, 0.3) is 0 Å². The summed E-state index contributed by atoms with van der Waals surface area (Å²) < 4.78 is 0. The van der Waals surface area contributed by atoms with Crippen molar-refractivity contribution >= 4 is 11.7 Å². The monoisotopic (exact) mass is 272 g/mol. The third kappa shape index (κ3) is 7.91. The molecule has 2 nitrogen and oxygen atoms in total. The molecule has 0 N–H and O–H groups in total. The Morgan fingerprint density at radius 2 is 1.55 bits per heavy atom. The van der Waals surface area contributed by atoms with E-state index in [1.165, 1.54) is 50.5 Å². The van der Waals surface area contributed by atoms with Crippen LogP contribution in [0.2, 0.25) is 0 Å². The molecule has 2 heteroatoms. The van der Waals surface area contributed by atoms with Gasteiger partial charge in [-0.25, -0.2) is 4.99 Å². The van der Waals surface area contributed by atoms with Gasteiger partial charge in [0.15, 0.2) is 0 Å². The van der Waals surface area contributed by atoms with Crippen LogP contribution in [0.4, 0.5) is 5.69 Å². The van der Waals surface area contributed by atoms with E-state index in [-0.39, 0.29) is 0 Å². The van der Waals surface area contributed by atoms with Crippen LogP contribution in [0.15, 0.2) is 34.3 Å². The topological polar surface area (TPSA) is 24.7 Å². The van der Waals surface area contributed by atoms with Gasteiger partial charge in [0.25, 0.3) is 0 Å². The lowest BCUT2D eigenvalue weighted by Crippen LogP contribution is -1.84. The van der Waals surface area contributed by atoms with Gasteiger partial charge in [0.1, 0.15) is 0 Å². The number of hydrogen-bond donors (Lipinski definition) is 0. The Morgan fingerprint density at radius 3 is 2.25 bits per heavy atom. The van der Waals surface area contributed by atoms with Crippen LogP contribution in [0.3, 0.4) is 0 Å². The Labute approximate surface area is 124 Å². The minimum absolute atomic E-state index is 0.846.